The van der Waals surface area contributed by atoms with Crippen molar-refractivity contribution < 1.29 is 9.72 Å². The Bertz CT molecular complexity index is 376. The van der Waals surface area contributed by atoms with Crippen molar-refractivity contribution in [1.29, 1.82) is 0 Å². The predicted octanol–water partition coefficient (Wildman–Crippen LogP) is 1.97. The van der Waals surface area contributed by atoms with Crippen LogP contribution < -0.4 is 0 Å². The van der Waals surface area contributed by atoms with Gasteiger partial charge < -0.3 is 0 Å². The molecule has 5 heteroatoms. The fourth-order valence-electron chi connectivity index (χ4n) is 0.980. The minimum Gasteiger partial charge on any atom is -0.282 e. The molecular formula is C8H7NO3S. The number of thiol groups is 1. The Morgan fingerprint density at radius 2 is 2.15 bits per heavy atom. The van der Waals surface area contributed by atoms with E-state index >= 15 is 0 Å². The molecule has 0 aliphatic heterocycles. The van der Waals surface area contributed by atoms with Gasteiger partial charge in [-0.1, -0.05) is 6.07 Å². The van der Waals surface area contributed by atoms with Gasteiger partial charge in [0, 0.05) is 6.07 Å². The van der Waals surface area contributed by atoms with Gasteiger partial charge >= 0.3 is 0 Å². The number of carbonyl (C=O) groups is 1. The van der Waals surface area contributed by atoms with Crippen molar-refractivity contribution in [1.82, 2.24) is 0 Å². The maximum absolute atomic E-state index is 10.9. The lowest BCUT2D eigenvalue weighted by Crippen LogP contribution is -1.98. The smallest absolute Gasteiger partial charge is 0.281 e. The van der Waals surface area contributed by atoms with Crippen molar-refractivity contribution in [2.45, 2.75) is 6.92 Å². The summed E-state index contributed by atoms with van der Waals surface area (Å²) in [7, 11) is 0. The van der Waals surface area contributed by atoms with Gasteiger partial charge in [0.1, 0.15) is 5.56 Å². The summed E-state index contributed by atoms with van der Waals surface area (Å²) in [6.07, 6.45) is 0. The lowest BCUT2D eigenvalue weighted by atomic mass is 10.1. The van der Waals surface area contributed by atoms with Crippen LogP contribution >= 0.6 is 12.6 Å². The van der Waals surface area contributed by atoms with Crippen molar-refractivity contribution in [2.75, 3.05) is 0 Å². The third-order valence-electron chi connectivity index (χ3n) is 1.58. The number of nitrogens with zero attached hydrogens (tertiary/aromatic N) is 1. The van der Waals surface area contributed by atoms with Gasteiger partial charge in [-0.15, -0.1) is 12.6 Å². The molecule has 0 heterocycles. The van der Waals surface area contributed by atoms with Gasteiger partial charge in [-0.25, -0.2) is 0 Å². The van der Waals surface area contributed by atoms with Gasteiger partial charge in [-0.2, -0.15) is 0 Å². The van der Waals surface area contributed by atoms with Crippen molar-refractivity contribution in [3.05, 3.63) is 39.4 Å². The number of rotatable bonds is 2. The van der Waals surface area contributed by atoms with Crippen LogP contribution in [-0.2, 0) is 0 Å². The minimum atomic E-state index is -0.594. The normalized spacial score (nSPS) is 9.69. The molecule has 0 unspecified atom stereocenters. The zero-order valence-corrected chi connectivity index (χ0v) is 7.75. The Labute approximate surface area is 80.1 Å². The first kappa shape index (κ1) is 9.73. The second-order valence-electron chi connectivity index (χ2n) is 2.58. The lowest BCUT2D eigenvalue weighted by molar-refractivity contribution is -0.385. The lowest BCUT2D eigenvalue weighted by Gasteiger charge is -1.98. The number of nitro groups is 1. The summed E-state index contributed by atoms with van der Waals surface area (Å²) in [6, 6.07) is 4.34. The monoisotopic (exact) mass is 197 g/mol. The molecule has 0 N–H and O–H groups in total. The zero-order valence-electron chi connectivity index (χ0n) is 6.85. The van der Waals surface area contributed by atoms with E-state index in [1.807, 2.05) is 0 Å². The van der Waals surface area contributed by atoms with Crippen molar-refractivity contribution in [3.8, 4) is 0 Å². The van der Waals surface area contributed by atoms with Crippen molar-refractivity contribution >= 4 is 23.4 Å². The molecule has 0 aliphatic carbocycles. The van der Waals surface area contributed by atoms with Crippen LogP contribution in [0, 0.1) is 17.0 Å². The second-order valence-corrected chi connectivity index (χ2v) is 2.99. The first-order valence-electron chi connectivity index (χ1n) is 3.50. The summed E-state index contributed by atoms with van der Waals surface area (Å²) in [4.78, 5) is 20.7. The van der Waals surface area contributed by atoms with E-state index in [9.17, 15) is 14.9 Å². The Kier molecular flexibility index (Phi) is 2.67. The summed E-state index contributed by atoms with van der Waals surface area (Å²) in [6.45, 7) is 1.75. The van der Waals surface area contributed by atoms with Gasteiger partial charge in [0.05, 0.1) is 4.92 Å². The summed E-state index contributed by atoms with van der Waals surface area (Å²) < 4.78 is 0. The van der Waals surface area contributed by atoms with E-state index in [0.29, 0.717) is 0 Å². The van der Waals surface area contributed by atoms with Gasteiger partial charge in [0.2, 0.25) is 5.12 Å². The van der Waals surface area contributed by atoms with Crippen LogP contribution in [0.2, 0.25) is 0 Å². The van der Waals surface area contributed by atoms with Crippen LogP contribution in [0.1, 0.15) is 15.9 Å². The summed E-state index contributed by atoms with van der Waals surface area (Å²) in [5.74, 6) is 0. The van der Waals surface area contributed by atoms with Gasteiger partial charge in [-0.05, 0) is 18.6 Å². The van der Waals surface area contributed by atoms with Crippen molar-refractivity contribution in [3.63, 3.8) is 0 Å². The minimum absolute atomic E-state index is 0.0355. The number of nitro benzene ring substituents is 1. The van der Waals surface area contributed by atoms with Gasteiger partial charge in [0.15, 0.2) is 0 Å². The Morgan fingerprint density at radius 3 is 2.62 bits per heavy atom. The molecule has 0 amide bonds. The second kappa shape index (κ2) is 3.57. The fourth-order valence-corrected chi connectivity index (χ4v) is 1.16. The van der Waals surface area contributed by atoms with E-state index in [2.05, 4.69) is 12.6 Å². The summed E-state index contributed by atoms with van der Waals surface area (Å²) in [5, 5.41) is 9.87. The van der Waals surface area contributed by atoms with Crippen LogP contribution in [-0.4, -0.2) is 10.0 Å². The van der Waals surface area contributed by atoms with Crippen LogP contribution in [0.25, 0.3) is 0 Å². The molecule has 0 aromatic heterocycles. The van der Waals surface area contributed by atoms with E-state index in [4.69, 9.17) is 0 Å². The molecule has 0 radical (unpaired) electrons. The predicted molar refractivity (Wildman–Crippen MR) is 51.1 cm³/mol. The first-order chi connectivity index (χ1) is 6.02. The molecule has 1 aromatic carbocycles. The number of aryl methyl sites for hydroxylation is 1. The van der Waals surface area contributed by atoms with Crippen LogP contribution in [0.5, 0.6) is 0 Å². The van der Waals surface area contributed by atoms with Crippen LogP contribution in [0.15, 0.2) is 18.2 Å². The molecule has 1 rings (SSSR count). The van der Waals surface area contributed by atoms with Gasteiger partial charge in [-0.3, -0.25) is 14.9 Å². The van der Waals surface area contributed by atoms with Crippen molar-refractivity contribution in [2.24, 2.45) is 0 Å². The molecule has 0 spiro atoms. The molecule has 0 bridgehead atoms. The highest BCUT2D eigenvalue weighted by molar-refractivity contribution is 7.97. The van der Waals surface area contributed by atoms with E-state index in [-0.39, 0.29) is 11.3 Å². The van der Waals surface area contributed by atoms with E-state index < -0.39 is 10.0 Å². The van der Waals surface area contributed by atoms with E-state index in [1.165, 1.54) is 12.1 Å². The quantitative estimate of drug-likeness (QED) is 0.448. The highest BCUT2D eigenvalue weighted by Crippen LogP contribution is 2.21. The molecule has 0 saturated carbocycles. The van der Waals surface area contributed by atoms with Crippen LogP contribution in [0.3, 0.4) is 0 Å². The topological polar surface area (TPSA) is 60.2 Å². The maximum Gasteiger partial charge on any atom is 0.281 e. The molecule has 68 valence electrons. The largest absolute Gasteiger partial charge is 0.282 e. The molecule has 0 saturated heterocycles. The van der Waals surface area contributed by atoms with E-state index in [1.54, 1.807) is 13.0 Å². The summed E-state index contributed by atoms with van der Waals surface area (Å²) >= 11 is 3.56. The molecule has 0 aliphatic rings. The van der Waals surface area contributed by atoms with E-state index in [0.717, 1.165) is 5.56 Å². The third kappa shape index (κ3) is 2.06. The average Bonchev–Trinajstić information content (AvgIpc) is 2.03. The highest BCUT2D eigenvalue weighted by Gasteiger charge is 2.16. The third-order valence-corrected chi connectivity index (χ3v) is 1.82. The number of hydrogen-bond acceptors (Lipinski definition) is 3. The molecular weight excluding hydrogens is 190 g/mol. The molecule has 1 aromatic rings. The number of carbonyl (C=O) groups excluding carboxylic acids is 1. The molecule has 4 nitrogen and oxygen atoms in total. The Balaban J connectivity index is 3.35. The van der Waals surface area contributed by atoms with Crippen LogP contribution in [0.4, 0.5) is 5.69 Å². The molecule has 13 heavy (non-hydrogen) atoms. The Morgan fingerprint density at radius 1 is 1.54 bits per heavy atom. The average molecular weight is 197 g/mol. The first-order valence-corrected chi connectivity index (χ1v) is 3.95. The highest BCUT2D eigenvalue weighted by atomic mass is 32.1. The SMILES string of the molecule is Cc1ccc([N+](=O)[O-])c(C(=O)S)c1. The molecule has 0 fully saturated rings. The fraction of sp³-hybridized carbons (Fsp3) is 0.125. The number of hydrogen-bond donors (Lipinski definition) is 1. The summed E-state index contributed by atoms with van der Waals surface area (Å²) in [5.41, 5.74) is 0.627. The standard InChI is InChI=1S/C8H7NO3S/c1-5-2-3-7(9(11)12)6(4-5)8(10)13/h2-4H,1H3,(H,10,13). The zero-order chi connectivity index (χ0) is 10.0. The van der Waals surface area contributed by atoms with Gasteiger partial charge in [0.25, 0.3) is 5.69 Å². The maximum atomic E-state index is 10.9. The number of benzene rings is 1. The Hall–Kier alpha value is -1.36. The molecule has 0 atom stereocenters.